The summed E-state index contributed by atoms with van der Waals surface area (Å²) in [5, 5.41) is 5.22. The molecule has 5 rings (SSSR count). The first-order valence-corrected chi connectivity index (χ1v) is 10.1. The average Bonchev–Trinajstić information content (AvgIpc) is 3.37. The molecule has 6 nitrogen and oxygen atoms in total. The topological polar surface area (TPSA) is 70.3 Å². The van der Waals surface area contributed by atoms with Gasteiger partial charge in [-0.25, -0.2) is 9.97 Å². The molecule has 0 bridgehead atoms. The molecule has 0 N–H and O–H groups in total. The molecular weight excluding hydrogens is 374 g/mol. The highest BCUT2D eigenvalue weighted by molar-refractivity contribution is 7.18. The van der Waals surface area contributed by atoms with E-state index in [0.29, 0.717) is 11.6 Å². The molecular formula is C21H19N3O3S. The van der Waals surface area contributed by atoms with Crippen LogP contribution in [-0.2, 0) is 19.4 Å². The summed E-state index contributed by atoms with van der Waals surface area (Å²) in [6, 6.07) is 9.60. The predicted octanol–water partition coefficient (Wildman–Crippen LogP) is 4.81. The normalized spacial score (nSPS) is 13.5. The van der Waals surface area contributed by atoms with Gasteiger partial charge in [0.25, 0.3) is 0 Å². The number of ether oxygens (including phenoxy) is 2. The van der Waals surface area contributed by atoms with E-state index in [9.17, 15) is 0 Å². The molecule has 0 aliphatic heterocycles. The van der Waals surface area contributed by atoms with Crippen LogP contribution in [0.25, 0.3) is 21.5 Å². The summed E-state index contributed by atoms with van der Waals surface area (Å²) in [4.78, 5) is 11.3. The molecule has 142 valence electrons. The Morgan fingerprint density at radius 3 is 2.82 bits per heavy atom. The first kappa shape index (κ1) is 17.2. The highest BCUT2D eigenvalue weighted by atomic mass is 32.1. The summed E-state index contributed by atoms with van der Waals surface area (Å²) >= 11 is 1.76. The Kier molecular flexibility index (Phi) is 4.44. The number of hydrogen-bond donors (Lipinski definition) is 0. The number of methoxy groups -OCH3 is 1. The third-order valence-electron chi connectivity index (χ3n) is 5.01. The molecule has 0 saturated heterocycles. The van der Waals surface area contributed by atoms with E-state index >= 15 is 0 Å². The molecule has 0 fully saturated rings. The van der Waals surface area contributed by atoms with E-state index < -0.39 is 0 Å². The standard InChI is InChI=1S/C21H19N3O3S/c1-25-14-8-6-13(7-9-14)17-10-15(27-24-17)11-26-20-19-16-4-2-3-5-18(16)28-21(19)23-12-22-20/h6-10,12H,2-5,11H2,1H3. The summed E-state index contributed by atoms with van der Waals surface area (Å²) < 4.78 is 16.7. The summed E-state index contributed by atoms with van der Waals surface area (Å²) in [6.07, 6.45) is 6.23. The zero-order valence-corrected chi connectivity index (χ0v) is 16.3. The largest absolute Gasteiger partial charge is 0.497 e. The Bertz CT molecular complexity index is 1120. The smallest absolute Gasteiger partial charge is 0.226 e. The Labute approximate surface area is 166 Å². The molecule has 0 atom stereocenters. The second-order valence-electron chi connectivity index (χ2n) is 6.77. The van der Waals surface area contributed by atoms with E-state index in [4.69, 9.17) is 14.0 Å². The van der Waals surface area contributed by atoms with Gasteiger partial charge in [0.05, 0.1) is 12.5 Å². The summed E-state index contributed by atoms with van der Waals surface area (Å²) in [5.41, 5.74) is 3.09. The van der Waals surface area contributed by atoms with Gasteiger partial charge in [-0.1, -0.05) is 5.16 Å². The van der Waals surface area contributed by atoms with Crippen LogP contribution in [0.5, 0.6) is 11.6 Å². The molecule has 1 aliphatic carbocycles. The highest BCUT2D eigenvalue weighted by Crippen LogP contribution is 2.39. The summed E-state index contributed by atoms with van der Waals surface area (Å²) in [5.74, 6) is 2.09. The number of aryl methyl sites for hydroxylation is 2. The van der Waals surface area contributed by atoms with Crippen LogP contribution in [0.15, 0.2) is 41.2 Å². The summed E-state index contributed by atoms with van der Waals surface area (Å²) in [6.45, 7) is 0.278. The van der Waals surface area contributed by atoms with Crippen molar-refractivity contribution in [1.29, 1.82) is 0 Å². The van der Waals surface area contributed by atoms with E-state index in [1.54, 1.807) is 24.8 Å². The Hall–Kier alpha value is -2.93. The molecule has 0 saturated carbocycles. The van der Waals surface area contributed by atoms with Crippen LogP contribution in [0.3, 0.4) is 0 Å². The lowest BCUT2D eigenvalue weighted by Crippen LogP contribution is -2.01. The molecule has 0 unspecified atom stereocenters. The van der Waals surface area contributed by atoms with Crippen molar-refractivity contribution in [2.24, 2.45) is 0 Å². The van der Waals surface area contributed by atoms with Crippen molar-refractivity contribution in [3.63, 3.8) is 0 Å². The molecule has 3 heterocycles. The molecule has 7 heteroatoms. The molecule has 3 aromatic heterocycles. The van der Waals surface area contributed by atoms with Gasteiger partial charge >= 0.3 is 0 Å². The van der Waals surface area contributed by atoms with Gasteiger partial charge in [-0.15, -0.1) is 11.3 Å². The third kappa shape index (κ3) is 3.11. The second-order valence-corrected chi connectivity index (χ2v) is 7.85. The van der Waals surface area contributed by atoms with E-state index in [1.807, 2.05) is 30.3 Å². The summed E-state index contributed by atoms with van der Waals surface area (Å²) in [7, 11) is 1.65. The Morgan fingerprint density at radius 2 is 1.96 bits per heavy atom. The lowest BCUT2D eigenvalue weighted by atomic mass is 9.97. The van der Waals surface area contributed by atoms with Gasteiger partial charge in [0, 0.05) is 16.5 Å². The van der Waals surface area contributed by atoms with E-state index in [1.165, 1.54) is 23.3 Å². The van der Waals surface area contributed by atoms with E-state index in [2.05, 4.69) is 15.1 Å². The number of aromatic nitrogens is 3. The van der Waals surface area contributed by atoms with E-state index in [-0.39, 0.29) is 6.61 Å². The number of nitrogens with zero attached hydrogens (tertiary/aromatic N) is 3. The van der Waals surface area contributed by atoms with Gasteiger partial charge in [0.2, 0.25) is 5.88 Å². The SMILES string of the molecule is COc1ccc(-c2cc(COc3ncnc4sc5c(c34)CCCC5)on2)cc1. The first-order valence-electron chi connectivity index (χ1n) is 9.30. The van der Waals surface area contributed by atoms with Crippen molar-refractivity contribution in [2.75, 3.05) is 7.11 Å². The fourth-order valence-corrected chi connectivity index (χ4v) is 4.81. The van der Waals surface area contributed by atoms with Crippen molar-refractivity contribution in [1.82, 2.24) is 15.1 Å². The third-order valence-corrected chi connectivity index (χ3v) is 6.21. The molecule has 0 amide bonds. The van der Waals surface area contributed by atoms with Crippen LogP contribution in [0.1, 0.15) is 29.0 Å². The molecule has 1 aliphatic rings. The molecule has 4 aromatic rings. The van der Waals surface area contributed by atoms with Gasteiger partial charge in [-0.2, -0.15) is 0 Å². The predicted molar refractivity (Wildman–Crippen MR) is 107 cm³/mol. The number of benzene rings is 1. The minimum absolute atomic E-state index is 0.278. The van der Waals surface area contributed by atoms with Crippen LogP contribution in [0.2, 0.25) is 0 Å². The van der Waals surface area contributed by atoms with Crippen LogP contribution < -0.4 is 9.47 Å². The minimum Gasteiger partial charge on any atom is -0.497 e. The fourth-order valence-electron chi connectivity index (χ4n) is 3.59. The number of thiophene rings is 1. The van der Waals surface area contributed by atoms with Crippen LogP contribution in [0.4, 0.5) is 0 Å². The fraction of sp³-hybridized carbons (Fsp3) is 0.286. The van der Waals surface area contributed by atoms with Crippen LogP contribution in [0, 0.1) is 0 Å². The van der Waals surface area contributed by atoms with Gasteiger partial charge in [-0.05, 0) is 55.5 Å². The minimum atomic E-state index is 0.278. The zero-order chi connectivity index (χ0) is 18.9. The Balaban J connectivity index is 1.37. The van der Waals surface area contributed by atoms with Gasteiger partial charge < -0.3 is 14.0 Å². The monoisotopic (exact) mass is 393 g/mol. The van der Waals surface area contributed by atoms with Crippen LogP contribution >= 0.6 is 11.3 Å². The average molecular weight is 393 g/mol. The molecule has 1 aromatic carbocycles. The lowest BCUT2D eigenvalue weighted by Gasteiger charge is -2.11. The van der Waals surface area contributed by atoms with Crippen molar-refractivity contribution in [2.45, 2.75) is 32.3 Å². The second kappa shape index (κ2) is 7.24. The van der Waals surface area contributed by atoms with E-state index in [0.717, 1.165) is 40.1 Å². The molecule has 28 heavy (non-hydrogen) atoms. The number of rotatable bonds is 5. The van der Waals surface area contributed by atoms with Gasteiger partial charge in [0.1, 0.15) is 22.6 Å². The quantitative estimate of drug-likeness (QED) is 0.484. The molecule has 0 spiro atoms. The van der Waals surface area contributed by atoms with Gasteiger partial charge in [-0.3, -0.25) is 0 Å². The van der Waals surface area contributed by atoms with Crippen molar-refractivity contribution >= 4 is 21.6 Å². The Morgan fingerprint density at radius 1 is 1.11 bits per heavy atom. The lowest BCUT2D eigenvalue weighted by molar-refractivity contribution is 0.244. The first-order chi connectivity index (χ1) is 13.8. The number of hydrogen-bond acceptors (Lipinski definition) is 7. The molecule has 0 radical (unpaired) electrons. The van der Waals surface area contributed by atoms with Crippen LogP contribution in [-0.4, -0.2) is 22.2 Å². The number of fused-ring (bicyclic) bond motifs is 3. The van der Waals surface area contributed by atoms with Crippen molar-refractivity contribution < 1.29 is 14.0 Å². The maximum atomic E-state index is 6.02. The maximum absolute atomic E-state index is 6.02. The zero-order valence-electron chi connectivity index (χ0n) is 15.5. The maximum Gasteiger partial charge on any atom is 0.226 e. The van der Waals surface area contributed by atoms with Crippen molar-refractivity contribution in [3.05, 3.63) is 52.9 Å². The highest BCUT2D eigenvalue weighted by Gasteiger charge is 2.21. The van der Waals surface area contributed by atoms with Gasteiger partial charge in [0.15, 0.2) is 12.4 Å². The van der Waals surface area contributed by atoms with Crippen molar-refractivity contribution in [3.8, 4) is 22.9 Å².